The highest BCUT2D eigenvalue weighted by molar-refractivity contribution is 5.76. The molecule has 0 radical (unpaired) electrons. The number of likely N-dealkylation sites (tertiary alicyclic amines) is 1. The lowest BCUT2D eigenvalue weighted by Crippen LogP contribution is -2.38. The molecule has 2 aromatic carbocycles. The molecule has 10 heteroatoms. The van der Waals surface area contributed by atoms with E-state index in [2.05, 4.69) is 27.3 Å². The number of hydrogen-bond donors (Lipinski definition) is 2. The molecule has 0 aliphatic carbocycles. The second kappa shape index (κ2) is 12.1. The predicted octanol–water partition coefficient (Wildman–Crippen LogP) is 4.96. The first-order valence-corrected chi connectivity index (χ1v) is 13.3. The largest absolute Gasteiger partial charge is 0.492 e. The summed E-state index contributed by atoms with van der Waals surface area (Å²) >= 11 is 0. The fourth-order valence-electron chi connectivity index (χ4n) is 4.87. The standard InChI is InChI=1S/C29H34N4O6/c1-3-36-25-15-20(16-26(37-4-2)28(25)33-11-5-6-12-33)18-32-13-9-21(10-14-32)30-29-31-23-17-22(38-19-27(34)35)7-8-24(23)39-29/h5-8,11-12,15-17,21H,3-4,9-10,13-14,18-19H2,1-2H3,(H,30,31)(H,34,35). The van der Waals surface area contributed by atoms with Crippen molar-refractivity contribution in [3.8, 4) is 22.9 Å². The number of benzene rings is 2. The fourth-order valence-corrected chi connectivity index (χ4v) is 4.87. The molecular formula is C29H34N4O6. The third-order valence-corrected chi connectivity index (χ3v) is 6.60. The van der Waals surface area contributed by atoms with Gasteiger partial charge in [-0.3, -0.25) is 4.90 Å². The van der Waals surface area contributed by atoms with Gasteiger partial charge in [0.2, 0.25) is 0 Å². The molecule has 0 atom stereocenters. The van der Waals surface area contributed by atoms with Crippen LogP contribution in [0.3, 0.4) is 0 Å². The first-order chi connectivity index (χ1) is 19.0. The first-order valence-electron chi connectivity index (χ1n) is 13.3. The normalized spacial score (nSPS) is 14.4. The lowest BCUT2D eigenvalue weighted by molar-refractivity contribution is -0.139. The zero-order chi connectivity index (χ0) is 27.2. The van der Waals surface area contributed by atoms with Gasteiger partial charge in [-0.25, -0.2) is 4.79 Å². The number of rotatable bonds is 12. The van der Waals surface area contributed by atoms with Gasteiger partial charge < -0.3 is 33.6 Å². The number of carbonyl (C=O) groups is 1. The van der Waals surface area contributed by atoms with Crippen LogP contribution in [0.25, 0.3) is 16.8 Å². The summed E-state index contributed by atoms with van der Waals surface area (Å²) in [7, 11) is 0. The molecule has 4 aromatic rings. The molecule has 1 saturated heterocycles. The van der Waals surface area contributed by atoms with Crippen molar-refractivity contribution in [1.82, 2.24) is 14.5 Å². The van der Waals surface area contributed by atoms with E-state index in [1.54, 1.807) is 18.2 Å². The lowest BCUT2D eigenvalue weighted by atomic mass is 10.0. The Kier molecular flexibility index (Phi) is 8.21. The summed E-state index contributed by atoms with van der Waals surface area (Å²) in [6.45, 7) is 7.40. The van der Waals surface area contributed by atoms with Crippen molar-refractivity contribution < 1.29 is 28.5 Å². The van der Waals surface area contributed by atoms with Crippen LogP contribution < -0.4 is 19.5 Å². The third-order valence-electron chi connectivity index (χ3n) is 6.60. The Morgan fingerprint density at radius 3 is 2.38 bits per heavy atom. The smallest absolute Gasteiger partial charge is 0.341 e. The lowest BCUT2D eigenvalue weighted by Gasteiger charge is -2.32. The quantitative estimate of drug-likeness (QED) is 0.261. The van der Waals surface area contributed by atoms with Crippen LogP contribution in [-0.2, 0) is 11.3 Å². The summed E-state index contributed by atoms with van der Waals surface area (Å²) in [4.78, 5) is 17.7. The number of piperidine rings is 1. The molecule has 1 aliphatic heterocycles. The van der Waals surface area contributed by atoms with Gasteiger partial charge in [0.25, 0.3) is 6.01 Å². The van der Waals surface area contributed by atoms with Crippen LogP contribution in [0.4, 0.5) is 6.01 Å². The van der Waals surface area contributed by atoms with Crippen LogP contribution in [0.15, 0.2) is 59.3 Å². The van der Waals surface area contributed by atoms with Crippen molar-refractivity contribution in [2.75, 3.05) is 38.2 Å². The van der Waals surface area contributed by atoms with E-state index in [0.29, 0.717) is 36.1 Å². The molecule has 0 amide bonds. The molecule has 2 aromatic heterocycles. The van der Waals surface area contributed by atoms with E-state index in [4.69, 9.17) is 23.7 Å². The molecule has 10 nitrogen and oxygen atoms in total. The Morgan fingerprint density at radius 2 is 1.74 bits per heavy atom. The van der Waals surface area contributed by atoms with Crippen molar-refractivity contribution in [2.45, 2.75) is 39.3 Å². The molecule has 0 saturated carbocycles. The van der Waals surface area contributed by atoms with E-state index in [1.165, 1.54) is 0 Å². The Balaban J connectivity index is 1.21. The molecule has 1 fully saturated rings. The summed E-state index contributed by atoms with van der Waals surface area (Å²) in [6, 6.07) is 14.0. The number of oxazole rings is 1. The van der Waals surface area contributed by atoms with E-state index >= 15 is 0 Å². The molecule has 0 spiro atoms. The monoisotopic (exact) mass is 534 g/mol. The van der Waals surface area contributed by atoms with Gasteiger partial charge in [0.15, 0.2) is 12.2 Å². The number of anilines is 1. The predicted molar refractivity (Wildman–Crippen MR) is 147 cm³/mol. The van der Waals surface area contributed by atoms with E-state index in [1.807, 2.05) is 42.9 Å². The highest BCUT2D eigenvalue weighted by Crippen LogP contribution is 2.35. The third kappa shape index (κ3) is 6.46. The van der Waals surface area contributed by atoms with Crippen molar-refractivity contribution in [3.05, 3.63) is 60.4 Å². The summed E-state index contributed by atoms with van der Waals surface area (Å²) < 4.78 is 25.2. The van der Waals surface area contributed by atoms with Crippen LogP contribution >= 0.6 is 0 Å². The number of aliphatic carboxylic acids is 1. The molecule has 5 rings (SSSR count). The number of carboxylic acid groups (broad SMARTS) is 1. The minimum Gasteiger partial charge on any atom is -0.492 e. The highest BCUT2D eigenvalue weighted by atomic mass is 16.5. The SMILES string of the molecule is CCOc1cc(CN2CCC(Nc3nc4cc(OCC(=O)O)ccc4o3)CC2)cc(OCC)c1-n1cccc1. The van der Waals surface area contributed by atoms with Crippen LogP contribution in [-0.4, -0.2) is 64.5 Å². The minimum absolute atomic E-state index is 0.242. The second-order valence-electron chi connectivity index (χ2n) is 9.42. The van der Waals surface area contributed by atoms with E-state index in [0.717, 1.165) is 55.2 Å². The molecule has 1 aliphatic rings. The summed E-state index contributed by atoms with van der Waals surface area (Å²) in [5.41, 5.74) is 3.32. The van der Waals surface area contributed by atoms with Gasteiger partial charge in [-0.1, -0.05) is 0 Å². The number of aromatic nitrogens is 2. The first kappa shape index (κ1) is 26.4. The minimum atomic E-state index is -1.03. The van der Waals surface area contributed by atoms with Gasteiger partial charge in [0, 0.05) is 44.1 Å². The molecule has 206 valence electrons. The maximum atomic E-state index is 10.7. The van der Waals surface area contributed by atoms with E-state index in [-0.39, 0.29) is 6.04 Å². The Bertz CT molecular complexity index is 1370. The van der Waals surface area contributed by atoms with Crippen molar-refractivity contribution in [2.24, 2.45) is 0 Å². The summed E-state index contributed by atoms with van der Waals surface area (Å²) in [6.07, 6.45) is 5.90. The number of ether oxygens (including phenoxy) is 3. The molecule has 3 heterocycles. The number of fused-ring (bicyclic) bond motifs is 1. The maximum absolute atomic E-state index is 10.7. The topological polar surface area (TPSA) is 111 Å². The fraction of sp³-hybridized carbons (Fsp3) is 0.379. The van der Waals surface area contributed by atoms with Gasteiger partial charge in [-0.05, 0) is 68.7 Å². The summed E-state index contributed by atoms with van der Waals surface area (Å²) in [5, 5.41) is 12.2. The summed E-state index contributed by atoms with van der Waals surface area (Å²) in [5.74, 6) is 1.05. The van der Waals surface area contributed by atoms with Crippen LogP contribution in [0, 0.1) is 0 Å². The van der Waals surface area contributed by atoms with E-state index < -0.39 is 12.6 Å². The van der Waals surface area contributed by atoms with Gasteiger partial charge in [0.1, 0.15) is 28.5 Å². The molecule has 0 unspecified atom stereocenters. The molecular weight excluding hydrogens is 500 g/mol. The van der Waals surface area contributed by atoms with Crippen molar-refractivity contribution >= 4 is 23.1 Å². The van der Waals surface area contributed by atoms with Crippen LogP contribution in [0.1, 0.15) is 32.3 Å². The average Bonchev–Trinajstić information content (AvgIpc) is 3.58. The molecule has 39 heavy (non-hydrogen) atoms. The number of nitrogens with zero attached hydrogens (tertiary/aromatic N) is 3. The van der Waals surface area contributed by atoms with Gasteiger partial charge in [-0.2, -0.15) is 4.98 Å². The van der Waals surface area contributed by atoms with Crippen molar-refractivity contribution in [1.29, 1.82) is 0 Å². The Hall–Kier alpha value is -4.18. The van der Waals surface area contributed by atoms with Gasteiger partial charge in [0.05, 0.1) is 13.2 Å². The van der Waals surface area contributed by atoms with Gasteiger partial charge >= 0.3 is 5.97 Å². The van der Waals surface area contributed by atoms with Crippen molar-refractivity contribution in [3.63, 3.8) is 0 Å². The number of nitrogens with one attached hydrogen (secondary N) is 1. The number of carboxylic acids is 1. The zero-order valence-electron chi connectivity index (χ0n) is 22.3. The number of hydrogen-bond acceptors (Lipinski definition) is 8. The maximum Gasteiger partial charge on any atom is 0.341 e. The zero-order valence-corrected chi connectivity index (χ0v) is 22.3. The Labute approximate surface area is 227 Å². The average molecular weight is 535 g/mol. The van der Waals surface area contributed by atoms with Crippen LogP contribution in [0.5, 0.6) is 17.2 Å². The molecule has 0 bridgehead atoms. The van der Waals surface area contributed by atoms with Gasteiger partial charge in [-0.15, -0.1) is 0 Å². The van der Waals surface area contributed by atoms with E-state index in [9.17, 15) is 4.79 Å². The second-order valence-corrected chi connectivity index (χ2v) is 9.42. The highest BCUT2D eigenvalue weighted by Gasteiger charge is 2.22. The Morgan fingerprint density at radius 1 is 1.05 bits per heavy atom. The van der Waals surface area contributed by atoms with Crippen LogP contribution in [0.2, 0.25) is 0 Å². The molecule has 2 N–H and O–H groups in total.